The quantitative estimate of drug-likeness (QED) is 0.153. The number of para-hydroxylation sites is 4. The van der Waals surface area contributed by atoms with Crippen molar-refractivity contribution in [3.8, 4) is 33.6 Å². The van der Waals surface area contributed by atoms with E-state index in [1.165, 1.54) is 0 Å². The summed E-state index contributed by atoms with van der Waals surface area (Å²) in [5, 5.41) is 8.98. The fourth-order valence-electron chi connectivity index (χ4n) is 12.2. The largest absolute Gasteiger partial charge is 0.310 e. The predicted molar refractivity (Wildman–Crippen MR) is 315 cm³/mol. The van der Waals surface area contributed by atoms with E-state index in [4.69, 9.17) is 0 Å². The Balaban J connectivity index is 1.38. The van der Waals surface area contributed by atoms with Gasteiger partial charge in [-0.05, 0) is 93.7 Å². The van der Waals surface area contributed by atoms with Crippen molar-refractivity contribution in [2.45, 2.75) is 26.2 Å². The van der Waals surface area contributed by atoms with E-state index in [0.717, 1.165) is 65.3 Å². The molecule has 2 aliphatic rings. The third kappa shape index (κ3) is 6.06. The average Bonchev–Trinajstić information content (AvgIpc) is 2.31. The second kappa shape index (κ2) is 15.8. The Morgan fingerprint density at radius 2 is 0.671 bits per heavy atom. The molecule has 0 amide bonds. The first-order chi connectivity index (χ1) is 39.3. The maximum absolute atomic E-state index is 11.1. The first-order valence-electron chi connectivity index (χ1n) is 29.1. The van der Waals surface area contributed by atoms with Gasteiger partial charge in [0.2, 0.25) is 0 Å². The molecule has 0 bridgehead atoms. The summed E-state index contributed by atoms with van der Waals surface area (Å²) in [5.41, 5.74) is 7.16. The number of hydrogen-bond donors (Lipinski definition) is 0. The molecule has 4 heterocycles. The Hall–Kier alpha value is -8.92. The molecule has 15 rings (SSSR count). The zero-order chi connectivity index (χ0) is 55.5. The lowest BCUT2D eigenvalue weighted by Crippen LogP contribution is -2.60. The highest BCUT2D eigenvalue weighted by Crippen LogP contribution is 2.44. The third-order valence-corrected chi connectivity index (χ3v) is 15.4. The molecule has 3 heteroatoms. The van der Waals surface area contributed by atoms with Crippen LogP contribution < -0.4 is 16.4 Å². The van der Waals surface area contributed by atoms with Gasteiger partial charge in [-0.1, -0.05) is 251 Å². The molecular formula is C70H49BN2. The van der Waals surface area contributed by atoms with E-state index in [1.54, 1.807) is 0 Å². The maximum atomic E-state index is 11.1. The summed E-state index contributed by atoms with van der Waals surface area (Å²) in [4.78, 5) is 0. The smallest absolute Gasteiger partial charge is 0.252 e. The van der Waals surface area contributed by atoms with Crippen LogP contribution in [0, 0.1) is 0 Å². The van der Waals surface area contributed by atoms with E-state index >= 15 is 0 Å². The Morgan fingerprint density at radius 1 is 0.342 bits per heavy atom. The van der Waals surface area contributed by atoms with Crippen molar-refractivity contribution < 1.29 is 11.0 Å². The molecule has 2 nitrogen and oxygen atoms in total. The Labute approximate surface area is 436 Å². The van der Waals surface area contributed by atoms with Crippen molar-refractivity contribution in [1.29, 1.82) is 0 Å². The summed E-state index contributed by atoms with van der Waals surface area (Å²) in [6.07, 6.45) is 0. The lowest BCUT2D eigenvalue weighted by atomic mass is 9.34. The van der Waals surface area contributed by atoms with Gasteiger partial charge in [0.25, 0.3) is 6.71 Å². The van der Waals surface area contributed by atoms with Gasteiger partial charge in [-0.25, -0.2) is 0 Å². The van der Waals surface area contributed by atoms with Gasteiger partial charge in [-0.3, -0.25) is 0 Å². The van der Waals surface area contributed by atoms with Crippen LogP contribution in [0.2, 0.25) is 0 Å². The first kappa shape index (κ1) is 34.4. The third-order valence-electron chi connectivity index (χ3n) is 15.4. The monoisotopic (exact) mass is 936 g/mol. The fourth-order valence-corrected chi connectivity index (χ4v) is 12.2. The Bertz CT molecular complexity index is 4830. The van der Waals surface area contributed by atoms with Crippen molar-refractivity contribution in [2.24, 2.45) is 0 Å². The molecule has 0 unspecified atom stereocenters. The van der Waals surface area contributed by atoms with Crippen LogP contribution >= 0.6 is 0 Å². The van der Waals surface area contributed by atoms with Crippen LogP contribution in [0.15, 0.2) is 242 Å². The predicted octanol–water partition coefficient (Wildman–Crippen LogP) is 16.5. The van der Waals surface area contributed by atoms with E-state index in [-0.39, 0.29) is 48.3 Å². The van der Waals surface area contributed by atoms with Gasteiger partial charge >= 0.3 is 0 Å². The van der Waals surface area contributed by atoms with Gasteiger partial charge in [-0.15, -0.1) is 0 Å². The molecule has 2 aliphatic heterocycles. The van der Waals surface area contributed by atoms with Crippen LogP contribution in [0.25, 0.3) is 120 Å². The van der Waals surface area contributed by atoms with E-state index < -0.39 is 12.1 Å². The molecule has 11 aromatic carbocycles. The van der Waals surface area contributed by atoms with E-state index in [9.17, 15) is 11.0 Å². The zero-order valence-electron chi connectivity index (χ0n) is 48.4. The van der Waals surface area contributed by atoms with Gasteiger partial charge < -0.3 is 9.13 Å². The zero-order valence-corrected chi connectivity index (χ0v) is 40.4. The molecule has 0 radical (unpaired) electrons. The highest BCUT2D eigenvalue weighted by Gasteiger charge is 2.41. The lowest BCUT2D eigenvalue weighted by molar-refractivity contribution is 0.589. The molecule has 0 aliphatic carbocycles. The lowest BCUT2D eigenvalue weighted by Gasteiger charge is -2.38. The molecule has 0 N–H and O–H groups in total. The van der Waals surface area contributed by atoms with Gasteiger partial charge in [0.15, 0.2) is 0 Å². The minimum absolute atomic E-state index is 0.0745. The highest BCUT2D eigenvalue weighted by atomic mass is 15.0. The van der Waals surface area contributed by atoms with Crippen molar-refractivity contribution in [2.75, 3.05) is 0 Å². The van der Waals surface area contributed by atoms with Crippen molar-refractivity contribution in [3.63, 3.8) is 0 Å². The molecule has 73 heavy (non-hydrogen) atoms. The summed E-state index contributed by atoms with van der Waals surface area (Å²) in [7, 11) is 0. The Kier molecular flexibility index (Phi) is 7.45. The van der Waals surface area contributed by atoms with Crippen LogP contribution in [-0.2, 0) is 5.41 Å². The topological polar surface area (TPSA) is 9.86 Å². The van der Waals surface area contributed by atoms with Crippen LogP contribution in [0.4, 0.5) is 0 Å². The molecule has 13 aromatic rings. The molecule has 0 fully saturated rings. The molecule has 0 saturated heterocycles. The molecule has 2 aromatic heterocycles. The summed E-state index contributed by atoms with van der Waals surface area (Å²) in [6, 6.07) is 63.9. The number of hydrogen-bond acceptors (Lipinski definition) is 0. The molecule has 0 saturated carbocycles. The van der Waals surface area contributed by atoms with E-state index in [2.05, 4.69) is 94.1 Å². The molecule has 342 valence electrons. The second-order valence-corrected chi connectivity index (χ2v) is 20.4. The number of nitrogens with zero attached hydrogens (tertiary/aromatic N) is 2. The minimum Gasteiger partial charge on any atom is -0.310 e. The van der Waals surface area contributed by atoms with Crippen molar-refractivity contribution >= 4 is 110 Å². The maximum Gasteiger partial charge on any atom is 0.252 e. The minimum atomic E-state index is -1.17. The molecule has 0 atom stereocenters. The van der Waals surface area contributed by atoms with Crippen LogP contribution in [0.5, 0.6) is 0 Å². The second-order valence-electron chi connectivity index (χ2n) is 20.4. The average molecular weight is 937 g/mol. The summed E-state index contributed by atoms with van der Waals surface area (Å²) in [6.45, 7) is 4.93. The van der Waals surface area contributed by atoms with Gasteiger partial charge in [0, 0.05) is 55.1 Å². The van der Waals surface area contributed by atoms with E-state index in [1.807, 2.05) is 130 Å². The molecular weight excluding hydrogens is 880 g/mol. The summed E-state index contributed by atoms with van der Waals surface area (Å²) >= 11 is 0. The van der Waals surface area contributed by atoms with Crippen LogP contribution in [-0.4, -0.2) is 15.8 Å². The van der Waals surface area contributed by atoms with Gasteiger partial charge in [0.05, 0.1) is 22.0 Å². The number of aromatic nitrogens is 2. The van der Waals surface area contributed by atoms with Crippen LogP contribution in [0.1, 0.15) is 37.3 Å². The highest BCUT2D eigenvalue weighted by molar-refractivity contribution is 7.00. The normalized spacial score (nSPS) is 14.1. The SMILES string of the molecule is [2H]c1c2c3c(c([2H])c1C(C)(C)C)-n1c4c(-c5ccccc5)cccc4c4ccccc4c4ccccc4c4c([2H])c([2H])c([2H])c(c41)B3c1c([2H])c([2H])c([2H])c3c4ccccc4c4ccccc4c4cccc(-c5ccccc5)c4n-2c13. The van der Waals surface area contributed by atoms with Gasteiger partial charge in [0.1, 0.15) is 0 Å². The van der Waals surface area contributed by atoms with Crippen LogP contribution in [0.3, 0.4) is 0 Å². The Morgan fingerprint density at radius 3 is 1.04 bits per heavy atom. The standard InChI is InChI=1S/C70H49BN2/c1-70(2,3)46-42-63-65-64(43-46)73-67-48(45-24-8-5-9-25-45)35-19-37-58(67)54-31-15-11-27-50(54)52-29-13-17-33-56(52)60-39-21-41-62(69(60)73)71(65)61-40-20-38-59-55-32-16-12-28-51(55)49-26-10-14-30-53(49)57-36-18-34-47(44-22-6-4-7-23-44)66(57)72(63)68(59)61/h4-43H,1-3H3/i20D,21D,38D,39D,40D,41D,42D,43D. The number of rotatable bonds is 2. The first-order valence-corrected chi connectivity index (χ1v) is 25.1. The summed E-state index contributed by atoms with van der Waals surface area (Å²) < 4.78 is 88.3. The van der Waals surface area contributed by atoms with Crippen molar-refractivity contribution in [1.82, 2.24) is 9.13 Å². The number of benzene rings is 11. The van der Waals surface area contributed by atoms with E-state index in [0.29, 0.717) is 76.9 Å². The summed E-state index contributed by atoms with van der Waals surface area (Å²) in [5.74, 6) is 0. The molecule has 0 spiro atoms. The fraction of sp³-hybridized carbons (Fsp3) is 0.0571. The van der Waals surface area contributed by atoms with Crippen molar-refractivity contribution in [3.05, 3.63) is 248 Å². The number of fused-ring (bicyclic) bond motifs is 18. The van der Waals surface area contributed by atoms with Gasteiger partial charge in [-0.2, -0.15) is 0 Å².